The third kappa shape index (κ3) is 8.29. The van der Waals surface area contributed by atoms with E-state index in [-0.39, 0.29) is 10.8 Å². The molecule has 2 heterocycles. The van der Waals surface area contributed by atoms with Crippen molar-refractivity contribution in [3.05, 3.63) is 93.0 Å². The van der Waals surface area contributed by atoms with Crippen LogP contribution in [0.5, 0.6) is 11.5 Å². The lowest BCUT2D eigenvalue weighted by atomic mass is 9.76. The third-order valence-corrected chi connectivity index (χ3v) is 15.2. The predicted molar refractivity (Wildman–Crippen MR) is 230 cm³/mol. The average molecular weight is 888 g/mol. The van der Waals surface area contributed by atoms with E-state index in [9.17, 15) is 0 Å². The second-order valence-electron chi connectivity index (χ2n) is 14.1. The molecule has 2 aliphatic rings. The van der Waals surface area contributed by atoms with Crippen molar-refractivity contribution < 1.29 is 9.47 Å². The molecule has 0 bridgehead atoms. The van der Waals surface area contributed by atoms with Gasteiger partial charge in [0.1, 0.15) is 11.5 Å². The number of para-hydroxylation sites is 2. The van der Waals surface area contributed by atoms with E-state index in [0.29, 0.717) is 11.8 Å². The van der Waals surface area contributed by atoms with Gasteiger partial charge in [0, 0.05) is 45.8 Å². The molecule has 0 radical (unpaired) electrons. The molecule has 0 saturated carbocycles. The van der Waals surface area contributed by atoms with Gasteiger partial charge in [-0.15, -0.1) is 23.5 Å². The third-order valence-electron chi connectivity index (χ3n) is 11.0. The van der Waals surface area contributed by atoms with Crippen LogP contribution in [0.2, 0.25) is 0 Å². The fourth-order valence-corrected chi connectivity index (χ4v) is 11.3. The van der Waals surface area contributed by atoms with E-state index in [1.165, 1.54) is 45.4 Å². The number of nitrogens with zero attached hydrogens (tertiary/aromatic N) is 2. The highest BCUT2D eigenvalue weighted by molar-refractivity contribution is 14.1. The van der Waals surface area contributed by atoms with Gasteiger partial charge in [-0.05, 0) is 123 Å². The van der Waals surface area contributed by atoms with E-state index >= 15 is 0 Å². The molecule has 4 aromatic carbocycles. The second-order valence-corrected chi connectivity index (χ2v) is 18.1. The Hall–Kier alpha value is -2.01. The first kappa shape index (κ1) is 39.2. The van der Waals surface area contributed by atoms with Gasteiger partial charge < -0.3 is 19.3 Å². The number of hydrogen-bond donors (Lipinski definition) is 0. The first-order valence-electron chi connectivity index (χ1n) is 17.7. The summed E-state index contributed by atoms with van der Waals surface area (Å²) in [5.74, 6) is 5.38. The number of methoxy groups -OCH3 is 2. The Morgan fingerprint density at radius 2 is 1.10 bits per heavy atom. The standard InChI is InChI=1S/C21H26BrNOS.C21H26INOS/c2*1-5-21(15(2)3)13-23(16-9-7-6-8-10-16)18-11-17(22)19(24-4)12-20(18)25-14-21/h2*6-12,15H,5,13-14H2,1-4H3. The highest BCUT2D eigenvalue weighted by Gasteiger charge is 2.39. The summed E-state index contributed by atoms with van der Waals surface area (Å²) in [5, 5.41) is 0. The highest BCUT2D eigenvalue weighted by atomic mass is 127. The van der Waals surface area contributed by atoms with Crippen LogP contribution in [0.15, 0.2) is 99.2 Å². The van der Waals surface area contributed by atoms with Gasteiger partial charge in [-0.3, -0.25) is 0 Å². The minimum Gasteiger partial charge on any atom is -0.496 e. The van der Waals surface area contributed by atoms with E-state index < -0.39 is 0 Å². The summed E-state index contributed by atoms with van der Waals surface area (Å²) in [6.45, 7) is 16.2. The van der Waals surface area contributed by atoms with Crippen molar-refractivity contribution >= 4 is 84.8 Å². The molecular weight excluding hydrogens is 835 g/mol. The molecule has 268 valence electrons. The maximum Gasteiger partial charge on any atom is 0.134 e. The smallest absolute Gasteiger partial charge is 0.134 e. The van der Waals surface area contributed by atoms with Gasteiger partial charge in [0.25, 0.3) is 0 Å². The van der Waals surface area contributed by atoms with Crippen LogP contribution < -0.4 is 19.3 Å². The van der Waals surface area contributed by atoms with Crippen LogP contribution in [-0.2, 0) is 0 Å². The number of benzene rings is 4. The van der Waals surface area contributed by atoms with Crippen LogP contribution in [0, 0.1) is 26.2 Å². The SMILES string of the molecule is CCC1(C(C)C)CSc2cc(OC)c(Br)cc2N(c2ccccc2)C1.CCC1(C(C)C)CSc2cc(OC)c(I)cc2N(c2ccccc2)C1. The molecule has 0 saturated heterocycles. The zero-order chi connectivity index (χ0) is 36.1. The van der Waals surface area contributed by atoms with Crippen molar-refractivity contribution in [2.24, 2.45) is 22.7 Å². The molecule has 2 aliphatic heterocycles. The lowest BCUT2D eigenvalue weighted by Gasteiger charge is -2.39. The maximum atomic E-state index is 5.58. The minimum absolute atomic E-state index is 0.277. The Morgan fingerprint density at radius 3 is 1.50 bits per heavy atom. The van der Waals surface area contributed by atoms with Crippen LogP contribution in [0.3, 0.4) is 0 Å². The Morgan fingerprint density at radius 1 is 0.680 bits per heavy atom. The monoisotopic (exact) mass is 886 g/mol. The summed E-state index contributed by atoms with van der Waals surface area (Å²) in [4.78, 5) is 7.61. The van der Waals surface area contributed by atoms with Crippen LogP contribution in [0.25, 0.3) is 0 Å². The molecule has 2 unspecified atom stereocenters. The van der Waals surface area contributed by atoms with Gasteiger partial charge in [0.15, 0.2) is 0 Å². The first-order valence-corrected chi connectivity index (χ1v) is 21.5. The average Bonchev–Trinajstić information content (AvgIpc) is 3.41. The fourth-order valence-electron chi connectivity index (χ4n) is 6.97. The molecule has 4 aromatic rings. The molecule has 0 amide bonds. The summed E-state index contributed by atoms with van der Waals surface area (Å²) in [6, 6.07) is 30.4. The summed E-state index contributed by atoms with van der Waals surface area (Å²) in [6.07, 6.45) is 2.36. The molecule has 4 nitrogen and oxygen atoms in total. The quantitative estimate of drug-likeness (QED) is 0.164. The minimum atomic E-state index is 0.277. The number of anilines is 4. The van der Waals surface area contributed by atoms with Crippen LogP contribution >= 0.6 is 62.0 Å². The molecule has 6 rings (SSSR count). The Labute approximate surface area is 331 Å². The van der Waals surface area contributed by atoms with Crippen molar-refractivity contribution in [3.8, 4) is 11.5 Å². The lowest BCUT2D eigenvalue weighted by Crippen LogP contribution is -2.40. The number of hydrogen-bond acceptors (Lipinski definition) is 6. The van der Waals surface area contributed by atoms with Crippen LogP contribution in [0.1, 0.15) is 54.4 Å². The topological polar surface area (TPSA) is 24.9 Å². The largest absolute Gasteiger partial charge is 0.496 e. The number of fused-ring (bicyclic) bond motifs is 2. The van der Waals surface area contributed by atoms with E-state index in [1.54, 1.807) is 14.2 Å². The molecule has 0 spiro atoms. The fraction of sp³-hybridized carbons (Fsp3) is 0.429. The second kappa shape index (κ2) is 17.2. The van der Waals surface area contributed by atoms with Crippen molar-refractivity contribution in [2.75, 3.05) is 48.6 Å². The van der Waals surface area contributed by atoms with Crippen molar-refractivity contribution in [1.82, 2.24) is 0 Å². The van der Waals surface area contributed by atoms with E-state index in [1.807, 2.05) is 23.5 Å². The highest BCUT2D eigenvalue weighted by Crippen LogP contribution is 2.51. The summed E-state index contributed by atoms with van der Waals surface area (Å²) < 4.78 is 13.3. The summed E-state index contributed by atoms with van der Waals surface area (Å²) in [5.41, 5.74) is 5.65. The number of halogens is 2. The van der Waals surface area contributed by atoms with E-state index in [2.05, 4.69) is 175 Å². The molecule has 2 atom stereocenters. The van der Waals surface area contributed by atoms with E-state index in [4.69, 9.17) is 9.47 Å². The lowest BCUT2D eigenvalue weighted by molar-refractivity contribution is 0.227. The van der Waals surface area contributed by atoms with Crippen molar-refractivity contribution in [2.45, 2.75) is 64.2 Å². The summed E-state index contributed by atoms with van der Waals surface area (Å²) in [7, 11) is 3.48. The predicted octanol–water partition coefficient (Wildman–Crippen LogP) is 13.3. The normalized spacial score (nSPS) is 20.3. The van der Waals surface area contributed by atoms with Crippen LogP contribution in [-0.4, -0.2) is 38.8 Å². The first-order chi connectivity index (χ1) is 24.0. The number of thioether (sulfide) groups is 2. The zero-order valence-electron chi connectivity index (χ0n) is 30.8. The van der Waals surface area contributed by atoms with Crippen molar-refractivity contribution in [1.29, 1.82) is 0 Å². The van der Waals surface area contributed by atoms with Gasteiger partial charge >= 0.3 is 0 Å². The van der Waals surface area contributed by atoms with E-state index in [0.717, 1.165) is 44.1 Å². The van der Waals surface area contributed by atoms with Gasteiger partial charge in [-0.2, -0.15) is 0 Å². The van der Waals surface area contributed by atoms with Crippen molar-refractivity contribution in [3.63, 3.8) is 0 Å². The Balaban J connectivity index is 0.000000194. The van der Waals surface area contributed by atoms with Gasteiger partial charge in [-0.25, -0.2) is 0 Å². The summed E-state index contributed by atoms with van der Waals surface area (Å²) >= 11 is 10.00. The maximum absolute atomic E-state index is 5.58. The number of ether oxygens (including phenoxy) is 2. The molecule has 0 aromatic heterocycles. The molecule has 0 fully saturated rings. The molecule has 8 heteroatoms. The van der Waals surface area contributed by atoms with Crippen LogP contribution in [0.4, 0.5) is 22.7 Å². The van der Waals surface area contributed by atoms with Gasteiger partial charge in [-0.1, -0.05) is 77.9 Å². The molecule has 0 N–H and O–H groups in total. The molecule has 50 heavy (non-hydrogen) atoms. The Kier molecular flexibility index (Phi) is 13.5. The molecular formula is C42H52BrIN2O2S2. The molecule has 0 aliphatic carbocycles. The Bertz CT molecular complexity index is 1600. The van der Waals surface area contributed by atoms with Gasteiger partial charge in [0.05, 0.1) is 33.6 Å². The zero-order valence-corrected chi connectivity index (χ0v) is 36.1. The van der Waals surface area contributed by atoms with Gasteiger partial charge in [0.2, 0.25) is 0 Å². The number of rotatable bonds is 8.